The zero-order chi connectivity index (χ0) is 34.1. The van der Waals surface area contributed by atoms with Gasteiger partial charge in [0.1, 0.15) is 5.75 Å². The molecule has 0 bridgehead atoms. The number of rotatable bonds is 9. The van der Waals surface area contributed by atoms with Gasteiger partial charge in [0, 0.05) is 30.3 Å². The van der Waals surface area contributed by atoms with Crippen molar-refractivity contribution >= 4 is 17.2 Å². The van der Waals surface area contributed by atoms with Crippen LogP contribution < -0.4 is 0 Å². The fourth-order valence-corrected chi connectivity index (χ4v) is 4.38. The number of benzene rings is 2. The molecule has 4 heteroatoms. The Bertz CT molecular complexity index is 1010. The third-order valence-electron chi connectivity index (χ3n) is 7.25. The van der Waals surface area contributed by atoms with Crippen LogP contribution in [-0.4, -0.2) is 40.6 Å². The zero-order valence-electron chi connectivity index (χ0n) is 31.1. The molecule has 1 unspecified atom stereocenters. The van der Waals surface area contributed by atoms with Crippen LogP contribution >= 0.6 is 0 Å². The summed E-state index contributed by atoms with van der Waals surface area (Å²) >= 11 is 0. The van der Waals surface area contributed by atoms with Gasteiger partial charge in [0.25, 0.3) is 0 Å². The molecule has 252 valence electrons. The van der Waals surface area contributed by atoms with Crippen molar-refractivity contribution in [2.24, 2.45) is 16.8 Å². The first-order chi connectivity index (χ1) is 21.0. The van der Waals surface area contributed by atoms with Crippen LogP contribution in [0.15, 0.2) is 47.5 Å². The second-order valence-electron chi connectivity index (χ2n) is 12.1. The summed E-state index contributed by atoms with van der Waals surface area (Å²) < 4.78 is 0. The van der Waals surface area contributed by atoms with E-state index in [1.165, 1.54) is 45.2 Å². The highest BCUT2D eigenvalue weighted by Gasteiger charge is 2.19. The first kappa shape index (κ1) is 43.7. The number of carbonyl (C=O) groups is 1. The minimum absolute atomic E-state index is 0.137. The number of likely N-dealkylation sites (tertiary alicyclic amines) is 1. The number of aliphatic imine (C=N–C) groups is 1. The summed E-state index contributed by atoms with van der Waals surface area (Å²) in [6, 6.07) is 13.6. The van der Waals surface area contributed by atoms with Crippen LogP contribution in [0.2, 0.25) is 0 Å². The Morgan fingerprint density at radius 1 is 0.909 bits per heavy atom. The Morgan fingerprint density at radius 3 is 1.93 bits per heavy atom. The van der Waals surface area contributed by atoms with E-state index in [2.05, 4.69) is 74.1 Å². The summed E-state index contributed by atoms with van der Waals surface area (Å²) in [7, 11) is 0. The maximum Gasteiger partial charge on any atom is 0.165 e. The molecule has 1 fully saturated rings. The first-order valence-electron chi connectivity index (χ1n) is 17.7. The molecule has 1 aliphatic heterocycles. The van der Waals surface area contributed by atoms with Gasteiger partial charge < -0.3 is 10.0 Å². The van der Waals surface area contributed by atoms with Gasteiger partial charge >= 0.3 is 0 Å². The Labute approximate surface area is 273 Å². The minimum atomic E-state index is 0.137. The van der Waals surface area contributed by atoms with Gasteiger partial charge in [-0.15, -0.1) is 0 Å². The molecule has 1 aliphatic rings. The van der Waals surface area contributed by atoms with Crippen molar-refractivity contribution in [2.75, 3.05) is 13.1 Å². The van der Waals surface area contributed by atoms with Crippen molar-refractivity contribution in [1.29, 1.82) is 0 Å². The number of phenols is 1. The van der Waals surface area contributed by atoms with Crippen LogP contribution in [0.3, 0.4) is 0 Å². The van der Waals surface area contributed by atoms with E-state index in [4.69, 9.17) is 4.99 Å². The summed E-state index contributed by atoms with van der Waals surface area (Å²) in [4.78, 5) is 20.0. The fourth-order valence-electron chi connectivity index (χ4n) is 4.38. The van der Waals surface area contributed by atoms with Gasteiger partial charge in [-0.2, -0.15) is 0 Å². The van der Waals surface area contributed by atoms with Gasteiger partial charge in [-0.25, -0.2) is 0 Å². The number of Topliss-reactive ketones (excluding diaryl/α,β-unsaturated/α-hetero) is 1. The molecule has 0 aromatic heterocycles. The van der Waals surface area contributed by atoms with E-state index < -0.39 is 0 Å². The molecule has 0 spiro atoms. The quantitative estimate of drug-likeness (QED) is 0.227. The maximum atomic E-state index is 12.7. The number of aromatic hydroxyl groups is 1. The Hall–Kier alpha value is -2.46. The highest BCUT2D eigenvalue weighted by atomic mass is 16.3. The lowest BCUT2D eigenvalue weighted by atomic mass is 9.95. The van der Waals surface area contributed by atoms with Crippen molar-refractivity contribution in [2.45, 2.75) is 147 Å². The molecular formula is C40H70N2O2. The van der Waals surface area contributed by atoms with E-state index in [0.29, 0.717) is 17.9 Å². The lowest BCUT2D eigenvalue weighted by molar-refractivity contribution is 0.0980. The van der Waals surface area contributed by atoms with E-state index in [1.807, 2.05) is 51.1 Å². The predicted octanol–water partition coefficient (Wildman–Crippen LogP) is 12.6. The number of piperidine rings is 1. The maximum absolute atomic E-state index is 12.7. The number of carbonyl (C=O) groups excluding carboxylic acids is 1. The van der Waals surface area contributed by atoms with Crippen LogP contribution in [0.5, 0.6) is 5.75 Å². The first-order valence-corrected chi connectivity index (χ1v) is 17.7. The molecular weight excluding hydrogens is 540 g/mol. The van der Waals surface area contributed by atoms with Gasteiger partial charge in [-0.05, 0) is 93.8 Å². The lowest BCUT2D eigenvalue weighted by Crippen LogP contribution is -2.39. The number of hydrogen-bond acceptors (Lipinski definition) is 4. The zero-order valence-corrected chi connectivity index (χ0v) is 31.1. The number of hydrogen-bond donors (Lipinski definition) is 1. The topological polar surface area (TPSA) is 52.9 Å². The fraction of sp³-hybridized carbons (Fsp3) is 0.650. The SMILES string of the molecule is CC.CCC.CCC.CCC1CCCN(C(C)C)C1.CCCCC(=O)c1cc(-c2ccc(O)cc2)ccc1N=C(C)C(C)C. The summed E-state index contributed by atoms with van der Waals surface area (Å²) in [5, 5.41) is 9.47. The van der Waals surface area contributed by atoms with Crippen molar-refractivity contribution < 1.29 is 9.90 Å². The van der Waals surface area contributed by atoms with Crippen molar-refractivity contribution in [3.63, 3.8) is 0 Å². The van der Waals surface area contributed by atoms with Crippen molar-refractivity contribution in [1.82, 2.24) is 4.90 Å². The van der Waals surface area contributed by atoms with Gasteiger partial charge in [-0.3, -0.25) is 9.79 Å². The van der Waals surface area contributed by atoms with Crippen LogP contribution in [0.25, 0.3) is 11.1 Å². The molecule has 3 rings (SSSR count). The molecule has 0 amide bonds. The molecule has 44 heavy (non-hydrogen) atoms. The standard InChI is InChI=1S/C22H27NO2.C10H21N.2C3H8.C2H6/c1-5-6-7-22(25)20-14-18(17-8-11-19(24)12-9-17)10-13-21(20)23-16(4)15(2)3;1-4-10-6-5-7-11(8-10)9(2)3;2*1-3-2;1-2/h8-15,24H,5-7H2,1-4H3;9-10H,4-8H2,1-3H3;2*3H2,1-2H3;1-2H3. The number of ketones is 1. The monoisotopic (exact) mass is 611 g/mol. The summed E-state index contributed by atoms with van der Waals surface area (Å²) in [6.07, 6.45) is 9.15. The second-order valence-corrected chi connectivity index (χ2v) is 12.1. The Morgan fingerprint density at radius 2 is 1.45 bits per heavy atom. The van der Waals surface area contributed by atoms with Gasteiger partial charge in [0.15, 0.2) is 5.78 Å². The molecule has 2 aromatic rings. The van der Waals surface area contributed by atoms with Crippen LogP contribution in [0.4, 0.5) is 5.69 Å². The van der Waals surface area contributed by atoms with Crippen molar-refractivity contribution in [3.8, 4) is 16.9 Å². The van der Waals surface area contributed by atoms with Crippen LogP contribution in [0, 0.1) is 11.8 Å². The normalized spacial score (nSPS) is 14.6. The van der Waals surface area contributed by atoms with E-state index in [-0.39, 0.29) is 11.5 Å². The van der Waals surface area contributed by atoms with Crippen LogP contribution in [0.1, 0.15) is 152 Å². The van der Waals surface area contributed by atoms with E-state index in [1.54, 1.807) is 12.1 Å². The smallest absolute Gasteiger partial charge is 0.165 e. The summed E-state index contributed by atoms with van der Waals surface area (Å²) in [5.41, 5.74) is 4.37. The molecule has 4 nitrogen and oxygen atoms in total. The van der Waals surface area contributed by atoms with Crippen molar-refractivity contribution in [3.05, 3.63) is 48.0 Å². The highest BCUT2D eigenvalue weighted by Crippen LogP contribution is 2.30. The summed E-state index contributed by atoms with van der Waals surface area (Å²) in [5.74, 6) is 1.69. The average Bonchev–Trinajstić information content (AvgIpc) is 3.02. The number of nitrogens with zero attached hydrogens (tertiary/aromatic N) is 2. The number of unbranched alkanes of at least 4 members (excludes halogenated alkanes) is 1. The Kier molecular flexibility index (Phi) is 26.7. The molecule has 0 radical (unpaired) electrons. The van der Waals surface area contributed by atoms with E-state index in [0.717, 1.165) is 47.3 Å². The third-order valence-corrected chi connectivity index (χ3v) is 7.25. The highest BCUT2D eigenvalue weighted by molar-refractivity contribution is 6.03. The largest absolute Gasteiger partial charge is 0.508 e. The van der Waals surface area contributed by atoms with Crippen LogP contribution in [-0.2, 0) is 0 Å². The predicted molar refractivity (Wildman–Crippen MR) is 198 cm³/mol. The molecule has 1 heterocycles. The average molecular weight is 611 g/mol. The second kappa shape index (κ2) is 26.9. The van der Waals surface area contributed by atoms with Gasteiger partial charge in [0.05, 0.1) is 5.69 Å². The minimum Gasteiger partial charge on any atom is -0.508 e. The van der Waals surface area contributed by atoms with E-state index >= 15 is 0 Å². The Balaban J connectivity index is 0. The molecule has 1 N–H and O–H groups in total. The molecule has 0 saturated carbocycles. The number of phenolic OH excluding ortho intramolecular Hbond substituents is 1. The molecule has 1 atom stereocenters. The molecule has 2 aromatic carbocycles. The third kappa shape index (κ3) is 18.4. The van der Waals surface area contributed by atoms with Gasteiger partial charge in [-0.1, -0.05) is 113 Å². The molecule has 1 saturated heterocycles. The molecule has 0 aliphatic carbocycles. The lowest BCUT2D eigenvalue weighted by Gasteiger charge is -2.34. The van der Waals surface area contributed by atoms with E-state index in [9.17, 15) is 9.90 Å². The summed E-state index contributed by atoms with van der Waals surface area (Å²) in [6.45, 7) is 30.4. The van der Waals surface area contributed by atoms with Gasteiger partial charge in [0.2, 0.25) is 0 Å².